The van der Waals surface area contributed by atoms with Gasteiger partial charge in [0.25, 0.3) is 5.91 Å². The number of hydrogen-bond donors (Lipinski definition) is 3. The summed E-state index contributed by atoms with van der Waals surface area (Å²) in [6, 6.07) is 13.0. The van der Waals surface area contributed by atoms with Crippen LogP contribution in [0.4, 0.5) is 10.1 Å². The third-order valence-corrected chi connectivity index (χ3v) is 5.38. The van der Waals surface area contributed by atoms with E-state index in [-0.39, 0.29) is 42.5 Å². The molecule has 0 radical (unpaired) electrons. The van der Waals surface area contributed by atoms with E-state index in [4.69, 9.17) is 5.73 Å². The minimum absolute atomic E-state index is 0. The Hall–Kier alpha value is -2.44. The van der Waals surface area contributed by atoms with Crippen molar-refractivity contribution in [2.24, 2.45) is 11.7 Å². The summed E-state index contributed by atoms with van der Waals surface area (Å²) in [6.45, 7) is 2.04. The van der Waals surface area contributed by atoms with Crippen molar-refractivity contribution in [2.75, 3.05) is 5.32 Å². The van der Waals surface area contributed by atoms with Gasteiger partial charge in [0.1, 0.15) is 5.82 Å². The van der Waals surface area contributed by atoms with Gasteiger partial charge in [0.2, 0.25) is 5.91 Å². The molecule has 1 saturated carbocycles. The van der Waals surface area contributed by atoms with Crippen LogP contribution in [-0.2, 0) is 11.3 Å². The van der Waals surface area contributed by atoms with E-state index in [0.717, 1.165) is 25.7 Å². The van der Waals surface area contributed by atoms with Gasteiger partial charge < -0.3 is 16.4 Å². The highest BCUT2D eigenvalue weighted by molar-refractivity contribution is 5.96. The number of nitrogens with one attached hydrogen (secondary N) is 2. The van der Waals surface area contributed by atoms with Crippen LogP contribution in [0, 0.1) is 11.7 Å². The number of amides is 2. The first-order valence-electron chi connectivity index (χ1n) is 9.58. The summed E-state index contributed by atoms with van der Waals surface area (Å²) < 4.78 is 13.6. The Labute approximate surface area is 176 Å². The Kier molecular flexibility index (Phi) is 7.76. The monoisotopic (exact) mass is 419 g/mol. The number of carbonyl (C=O) groups is 2. The van der Waals surface area contributed by atoms with Crippen LogP contribution in [0.25, 0.3) is 0 Å². The van der Waals surface area contributed by atoms with E-state index in [1.54, 1.807) is 42.5 Å². The second kappa shape index (κ2) is 9.85. The van der Waals surface area contributed by atoms with Gasteiger partial charge in [-0.3, -0.25) is 9.59 Å². The lowest BCUT2D eigenvalue weighted by Crippen LogP contribution is -2.51. The lowest BCUT2D eigenvalue weighted by Gasteiger charge is -2.37. The van der Waals surface area contributed by atoms with Gasteiger partial charge >= 0.3 is 0 Å². The van der Waals surface area contributed by atoms with Crippen molar-refractivity contribution in [1.29, 1.82) is 0 Å². The molecule has 0 aliphatic heterocycles. The van der Waals surface area contributed by atoms with Crippen LogP contribution in [0.15, 0.2) is 48.5 Å². The van der Waals surface area contributed by atoms with Gasteiger partial charge in [-0.05, 0) is 50.1 Å². The third kappa shape index (κ3) is 5.78. The van der Waals surface area contributed by atoms with E-state index in [2.05, 4.69) is 10.6 Å². The lowest BCUT2D eigenvalue weighted by atomic mass is 9.74. The van der Waals surface area contributed by atoms with Crippen molar-refractivity contribution in [3.63, 3.8) is 0 Å². The van der Waals surface area contributed by atoms with Crippen LogP contribution < -0.4 is 16.4 Å². The summed E-state index contributed by atoms with van der Waals surface area (Å²) in [5, 5.41) is 5.59. The highest BCUT2D eigenvalue weighted by Gasteiger charge is 2.37. The van der Waals surface area contributed by atoms with Crippen molar-refractivity contribution < 1.29 is 14.0 Å². The molecule has 2 aromatic carbocycles. The molecule has 2 amide bonds. The van der Waals surface area contributed by atoms with E-state index in [1.165, 1.54) is 6.07 Å². The molecule has 0 heterocycles. The van der Waals surface area contributed by atoms with Gasteiger partial charge in [-0.2, -0.15) is 0 Å². The molecule has 1 aliphatic carbocycles. The summed E-state index contributed by atoms with van der Waals surface area (Å²) in [4.78, 5) is 24.8. The van der Waals surface area contributed by atoms with Crippen molar-refractivity contribution in [3.8, 4) is 0 Å². The topological polar surface area (TPSA) is 84.2 Å². The molecular weight excluding hydrogens is 393 g/mol. The number of anilines is 1. The molecule has 3 rings (SSSR count). The standard InChI is InChI=1S/C22H26FN3O2.ClH/c1-22(24)13-5-4-7-18(22)21(28)26-17-11-9-15(10-12-17)20(27)25-14-16-6-2-3-8-19(16)23;/h2-3,6,8-12,18H,4-5,7,13-14,24H2,1H3,(H,25,27)(H,26,28);1H. The van der Waals surface area contributed by atoms with Gasteiger partial charge in [-0.1, -0.05) is 31.0 Å². The van der Waals surface area contributed by atoms with Crippen LogP contribution in [0.5, 0.6) is 0 Å². The molecule has 0 bridgehead atoms. The summed E-state index contributed by atoms with van der Waals surface area (Å²) >= 11 is 0. The predicted molar refractivity (Wildman–Crippen MR) is 114 cm³/mol. The average Bonchev–Trinajstić information content (AvgIpc) is 2.67. The van der Waals surface area contributed by atoms with Crippen LogP contribution in [0.1, 0.15) is 48.5 Å². The van der Waals surface area contributed by atoms with Crippen molar-refractivity contribution >= 4 is 29.9 Å². The maximum absolute atomic E-state index is 13.6. The Morgan fingerprint density at radius 3 is 2.48 bits per heavy atom. The minimum atomic E-state index is -0.491. The zero-order chi connectivity index (χ0) is 20.1. The normalized spacial score (nSPS) is 21.0. The average molecular weight is 420 g/mol. The fourth-order valence-electron chi connectivity index (χ4n) is 3.64. The summed E-state index contributed by atoms with van der Waals surface area (Å²) in [7, 11) is 0. The quantitative estimate of drug-likeness (QED) is 0.684. The largest absolute Gasteiger partial charge is 0.348 e. The van der Waals surface area contributed by atoms with E-state index < -0.39 is 5.54 Å². The molecule has 7 heteroatoms. The first-order chi connectivity index (χ1) is 13.4. The molecule has 2 unspecified atom stereocenters. The van der Waals surface area contributed by atoms with E-state index >= 15 is 0 Å². The molecule has 1 fully saturated rings. The molecule has 0 aromatic heterocycles. The van der Waals surface area contributed by atoms with Gasteiger partial charge in [0.05, 0.1) is 5.92 Å². The van der Waals surface area contributed by atoms with Crippen LogP contribution in [0.2, 0.25) is 0 Å². The third-order valence-electron chi connectivity index (χ3n) is 5.38. The molecule has 2 aromatic rings. The molecule has 0 spiro atoms. The highest BCUT2D eigenvalue weighted by atomic mass is 35.5. The van der Waals surface area contributed by atoms with Gasteiger partial charge in [0.15, 0.2) is 0 Å². The summed E-state index contributed by atoms with van der Waals surface area (Å²) in [5.74, 6) is -0.954. The zero-order valence-electron chi connectivity index (χ0n) is 16.4. The Balaban J connectivity index is 0.00000300. The number of nitrogens with two attached hydrogens (primary N) is 1. The minimum Gasteiger partial charge on any atom is -0.348 e. The molecule has 2 atom stereocenters. The second-order valence-corrected chi connectivity index (χ2v) is 7.64. The van der Waals surface area contributed by atoms with Crippen molar-refractivity contribution in [3.05, 3.63) is 65.5 Å². The zero-order valence-corrected chi connectivity index (χ0v) is 17.2. The molecular formula is C22H27ClFN3O2. The second-order valence-electron chi connectivity index (χ2n) is 7.64. The SMILES string of the molecule is CC1(N)CCCCC1C(=O)Nc1ccc(C(=O)NCc2ccccc2F)cc1.Cl. The molecule has 0 saturated heterocycles. The summed E-state index contributed by atoms with van der Waals surface area (Å²) in [6.07, 6.45) is 3.68. The number of benzene rings is 2. The Morgan fingerprint density at radius 2 is 1.83 bits per heavy atom. The fourth-order valence-corrected chi connectivity index (χ4v) is 3.64. The molecule has 5 nitrogen and oxygen atoms in total. The fraction of sp³-hybridized carbons (Fsp3) is 0.364. The number of hydrogen-bond acceptors (Lipinski definition) is 3. The van der Waals surface area contributed by atoms with Crippen molar-refractivity contribution in [2.45, 2.75) is 44.7 Å². The Morgan fingerprint density at radius 1 is 1.14 bits per heavy atom. The van der Waals surface area contributed by atoms with E-state index in [9.17, 15) is 14.0 Å². The Bertz CT molecular complexity index is 855. The number of carbonyl (C=O) groups excluding carboxylic acids is 2. The smallest absolute Gasteiger partial charge is 0.251 e. The number of rotatable bonds is 5. The van der Waals surface area contributed by atoms with E-state index in [1.807, 2.05) is 6.92 Å². The number of halogens is 2. The van der Waals surface area contributed by atoms with Gasteiger partial charge in [-0.25, -0.2) is 4.39 Å². The van der Waals surface area contributed by atoms with Gasteiger partial charge in [-0.15, -0.1) is 12.4 Å². The predicted octanol–water partition coefficient (Wildman–Crippen LogP) is 4.02. The molecule has 156 valence electrons. The first kappa shape index (κ1) is 22.8. The lowest BCUT2D eigenvalue weighted by molar-refractivity contribution is -0.122. The maximum atomic E-state index is 13.6. The van der Waals surface area contributed by atoms with E-state index in [0.29, 0.717) is 16.8 Å². The summed E-state index contributed by atoms with van der Waals surface area (Å²) in [5.41, 5.74) is 7.29. The first-order valence-corrected chi connectivity index (χ1v) is 9.58. The molecule has 4 N–H and O–H groups in total. The highest BCUT2D eigenvalue weighted by Crippen LogP contribution is 2.32. The molecule has 1 aliphatic rings. The maximum Gasteiger partial charge on any atom is 0.251 e. The van der Waals surface area contributed by atoms with Gasteiger partial charge in [0, 0.05) is 28.9 Å². The molecule has 29 heavy (non-hydrogen) atoms. The van der Waals surface area contributed by atoms with Crippen LogP contribution in [0.3, 0.4) is 0 Å². The van der Waals surface area contributed by atoms with Crippen molar-refractivity contribution in [1.82, 2.24) is 5.32 Å². The van der Waals surface area contributed by atoms with Crippen LogP contribution >= 0.6 is 12.4 Å². The van der Waals surface area contributed by atoms with Crippen LogP contribution in [-0.4, -0.2) is 17.4 Å².